The Hall–Kier alpha value is -5.26. The highest BCUT2D eigenvalue weighted by atomic mass is 16.8. The minimum Gasteiger partial charge on any atom is -0.477 e. The molecule has 0 aromatic carbocycles. The van der Waals surface area contributed by atoms with Crippen molar-refractivity contribution in [1.82, 2.24) is 26.6 Å². The van der Waals surface area contributed by atoms with Gasteiger partial charge in [0.1, 0.15) is 263 Å². The zero-order chi connectivity index (χ0) is 106. The largest absolute Gasteiger partial charge is 0.477 e. The number of aliphatic hydroxyl groups excluding tert-OH is 31. The Balaban J connectivity index is 0.907. The standard InChI is InChI=1S/C79H131N5O59/c1-18-40(100)51(111)56(116)72(126-18)123-16-33-63(47(107)36(68(120)127-33)80-19(2)93)136-69-37(81-20(3)94)48(108)62(30(13-91)131-69)139-75-59(119)65(46(106)31(134-75)15-124-76-66(54(114)43(103)26(9-87)129-76)141-70-38(82-21(4)95)49(109)60(28(11-89)132-70)137-73-57(117)52(112)42(102)25(8-86)128-73)140-77-67(55(115)44(104)27(10-88)130-77)142-71-39(83-22(5)96)50(110)61(29(12-90)133-71)138-74-58(118)53(113)45(105)32(135-74)17-125-79(78(121)122)6-23(97)35(84-34(99)14-92)64(143-79)41(101)24(98)7-85/h18,23-33,35-77,85-92,97-98,100-120H,6-17H2,1-5H3,(H,80,93)(H,81,94)(H,82,95)(H,83,96)(H,84,99)(H,121,122)/t18-,23+,24-,25-,26-,27-,28-,29-,30-,31-,32-,33-,35-,36-,37-,38-,39+,40+,41-,42+,43-,44-,45+,46-,47-,48-,49-,50-,51+,52+,53+,54+,55+,56-,57-,58-,59+,60-,61-,62-,63-,64-,65+,66+,67+,68-,69+,70+,71+,72+,73+,74+,75+,76+,77-,79-/m1/s1. The fraction of sp³-hybridized carbons (Fsp3) is 0.924. The number of ether oxygens (including phenoxy) is 21. The second kappa shape index (κ2) is 51.2. The first-order chi connectivity index (χ1) is 67.5. The Morgan fingerprint density at radius 2 is 0.650 bits per heavy atom. The molecule has 0 aliphatic carbocycles. The molecule has 11 heterocycles. The molecule has 0 aromatic heterocycles. The summed E-state index contributed by atoms with van der Waals surface area (Å²) in [5.41, 5.74) is 0. The number of rotatable bonds is 39. The lowest BCUT2D eigenvalue weighted by Crippen LogP contribution is -2.71. The van der Waals surface area contributed by atoms with Crippen LogP contribution >= 0.6 is 0 Å². The maximum Gasteiger partial charge on any atom is 0.364 e. The van der Waals surface area contributed by atoms with Crippen LogP contribution in [0.2, 0.25) is 0 Å². The van der Waals surface area contributed by atoms with Crippen LogP contribution in [0.5, 0.6) is 0 Å². The minimum absolute atomic E-state index is 0.840. The molecule has 0 unspecified atom stereocenters. The predicted octanol–water partition coefficient (Wildman–Crippen LogP) is -25.1. The second-order valence-electron chi connectivity index (χ2n) is 36.0. The van der Waals surface area contributed by atoms with Crippen molar-refractivity contribution in [3.63, 3.8) is 0 Å². The first-order valence-electron chi connectivity index (χ1n) is 45.3. The minimum atomic E-state index is -3.19. The molecule has 11 aliphatic rings. The third-order valence-electron chi connectivity index (χ3n) is 26.0. The van der Waals surface area contributed by atoms with E-state index < -0.39 is 458 Å². The van der Waals surface area contributed by atoms with Gasteiger partial charge in [0, 0.05) is 34.1 Å². The van der Waals surface area contributed by atoms with Crippen molar-refractivity contribution in [1.29, 1.82) is 0 Å². The van der Waals surface area contributed by atoms with Crippen LogP contribution < -0.4 is 26.6 Å². The molecule has 56 atom stereocenters. The van der Waals surface area contributed by atoms with E-state index in [2.05, 4.69) is 26.6 Å². The summed E-state index contributed by atoms with van der Waals surface area (Å²) >= 11 is 0. The van der Waals surface area contributed by atoms with Crippen molar-refractivity contribution in [2.75, 3.05) is 72.7 Å². The van der Waals surface area contributed by atoms with E-state index in [1.54, 1.807) is 0 Å². The smallest absolute Gasteiger partial charge is 0.364 e. The fourth-order valence-electron chi connectivity index (χ4n) is 18.3. The summed E-state index contributed by atoms with van der Waals surface area (Å²) in [6.07, 6.45) is -110. The van der Waals surface area contributed by atoms with Gasteiger partial charge in [-0.3, -0.25) is 24.0 Å². The van der Waals surface area contributed by atoms with Gasteiger partial charge >= 0.3 is 5.97 Å². The van der Waals surface area contributed by atoms with Crippen LogP contribution in [0.25, 0.3) is 0 Å². The molecule has 64 heteroatoms. The van der Waals surface area contributed by atoms with E-state index in [1.165, 1.54) is 6.92 Å². The highest BCUT2D eigenvalue weighted by Gasteiger charge is 2.64. The summed E-state index contributed by atoms with van der Waals surface area (Å²) < 4.78 is 125. The van der Waals surface area contributed by atoms with Crippen LogP contribution in [-0.2, 0) is 128 Å². The molecule has 0 radical (unpaired) electrons. The highest BCUT2D eigenvalue weighted by molar-refractivity contribution is 5.78. The van der Waals surface area contributed by atoms with Crippen LogP contribution in [0, 0.1) is 0 Å². The van der Waals surface area contributed by atoms with E-state index >= 15 is 0 Å². The topological polar surface area (TPSA) is 1000 Å². The molecular weight excluding hydrogens is 1960 g/mol. The van der Waals surface area contributed by atoms with E-state index in [9.17, 15) is 192 Å². The Labute approximate surface area is 808 Å². The molecule has 5 amide bonds. The number of carbonyl (C=O) groups excluding carboxylic acids is 5. The van der Waals surface area contributed by atoms with Gasteiger partial charge in [-0.2, -0.15) is 0 Å². The number of carboxylic acids is 1. The predicted molar refractivity (Wildman–Crippen MR) is 438 cm³/mol. The molecule has 64 nitrogen and oxygen atoms in total. The molecule has 11 aliphatic heterocycles. The number of aliphatic hydroxyl groups is 31. The lowest BCUT2D eigenvalue weighted by atomic mass is 9.88. The van der Waals surface area contributed by atoms with Gasteiger partial charge in [-0.05, 0) is 6.92 Å². The van der Waals surface area contributed by atoms with Crippen molar-refractivity contribution < 1.29 is 292 Å². The molecule has 143 heavy (non-hydrogen) atoms. The molecule has 11 saturated heterocycles. The summed E-state index contributed by atoms with van der Waals surface area (Å²) in [7, 11) is 0. The summed E-state index contributed by atoms with van der Waals surface area (Å²) in [5.74, 6) is -10.5. The number of amides is 5. The Morgan fingerprint density at radius 1 is 0.315 bits per heavy atom. The third-order valence-corrected chi connectivity index (χ3v) is 26.0. The normalized spacial score (nSPS) is 47.8. The first-order valence-corrected chi connectivity index (χ1v) is 45.3. The van der Waals surface area contributed by atoms with Gasteiger partial charge in [-0.1, -0.05) is 0 Å². The molecule has 0 saturated carbocycles. The molecule has 11 rings (SSSR count). The average molecular weight is 2090 g/mol. The van der Waals surface area contributed by atoms with Crippen molar-refractivity contribution in [2.24, 2.45) is 0 Å². The van der Waals surface area contributed by atoms with Crippen molar-refractivity contribution in [2.45, 2.75) is 384 Å². The van der Waals surface area contributed by atoms with Gasteiger partial charge in [-0.25, -0.2) is 4.79 Å². The monoisotopic (exact) mass is 2090 g/mol. The number of nitrogens with one attached hydrogen (secondary N) is 5. The molecular formula is C79H131N5O59. The van der Waals surface area contributed by atoms with Crippen molar-refractivity contribution in [3.8, 4) is 0 Å². The van der Waals surface area contributed by atoms with Gasteiger partial charge in [-0.15, -0.1) is 0 Å². The van der Waals surface area contributed by atoms with Gasteiger partial charge < -0.3 is 289 Å². The molecule has 37 N–H and O–H groups in total. The summed E-state index contributed by atoms with van der Waals surface area (Å²) in [6.45, 7) is -8.34. The number of hydrogen-bond acceptors (Lipinski definition) is 58. The molecule has 0 bridgehead atoms. The van der Waals surface area contributed by atoms with Crippen molar-refractivity contribution >= 4 is 35.5 Å². The average Bonchev–Trinajstić information content (AvgIpc) is 0.762. The van der Waals surface area contributed by atoms with E-state index in [0.29, 0.717) is 0 Å². The fourth-order valence-corrected chi connectivity index (χ4v) is 18.3. The lowest BCUT2D eigenvalue weighted by molar-refractivity contribution is -0.399. The summed E-state index contributed by atoms with van der Waals surface area (Å²) in [5, 5.41) is 369. The third kappa shape index (κ3) is 26.4. The summed E-state index contributed by atoms with van der Waals surface area (Å²) in [6, 6.07) is -9.89. The van der Waals surface area contributed by atoms with Crippen LogP contribution in [0.4, 0.5) is 0 Å². The Morgan fingerprint density at radius 3 is 1.08 bits per heavy atom. The Kier molecular flexibility index (Phi) is 42.3. The SMILES string of the molecule is CC(=O)N[C@@H]1[C@H](O[C@@H]2[C@@H](O[C@@H]3[C@H](O)[C@H](O[C@H]4[C@H](O)[C@@H](NC(C)=O)[C@H](O[C@H]5[C@H](O)[C@@H](NC(C)=O)[C@H](O)O[C@@H]5CO[C@H]5O[C@H](C)[C@H](O)[C@H](O)[C@H]5O)O[C@@H]4CO)O[C@H](CO[C@H]4O[C@H](CO)[C@@H](O)[C@H](O)[C@@H]4O[C@@H]4O[C@H](CO)[C@@H](O[C@@H]5O[C@H](CO)[C@H](O)[C@H](O)[C@H]5O)[C@H](O)[C@H]4NC(C)=O)[C@H]3O)O[C@H](CO)[C@@H](O)[C@@H]2O)O[C@H](CO)[C@@H](O[C@@H]2O[C@H](CO[C@]3(C(=O)O)C[C@H](O)[C@@H](NC(=O)CO)[C@H]([C@H](O)[C@H](O)CO)O3)[C@H](O)[C@H](O)[C@H]2O)[C@@H]1O. The molecule has 0 spiro atoms. The second-order valence-corrected chi connectivity index (χ2v) is 36.0. The zero-order valence-electron chi connectivity index (χ0n) is 76.6. The number of carbonyl (C=O) groups is 6. The summed E-state index contributed by atoms with van der Waals surface area (Å²) in [4.78, 5) is 77.6. The van der Waals surface area contributed by atoms with Crippen LogP contribution in [0.1, 0.15) is 41.0 Å². The maximum atomic E-state index is 13.4. The van der Waals surface area contributed by atoms with E-state index in [0.717, 1.165) is 27.7 Å². The van der Waals surface area contributed by atoms with E-state index in [-0.39, 0.29) is 0 Å². The van der Waals surface area contributed by atoms with Gasteiger partial charge in [0.2, 0.25) is 29.5 Å². The molecule has 0 aromatic rings. The van der Waals surface area contributed by atoms with Crippen LogP contribution in [0.3, 0.4) is 0 Å². The number of aliphatic carboxylic acids is 1. The van der Waals surface area contributed by atoms with Crippen LogP contribution in [-0.4, -0.2) is 615 Å². The van der Waals surface area contributed by atoms with Gasteiger partial charge in [0.05, 0.1) is 84.3 Å². The quantitative estimate of drug-likeness (QED) is 0.0272. The lowest BCUT2D eigenvalue weighted by Gasteiger charge is -2.51. The van der Waals surface area contributed by atoms with Crippen LogP contribution in [0.15, 0.2) is 0 Å². The first kappa shape index (κ1) is 118. The van der Waals surface area contributed by atoms with Gasteiger partial charge in [0.25, 0.3) is 5.79 Å². The zero-order valence-corrected chi connectivity index (χ0v) is 76.6. The van der Waals surface area contributed by atoms with Gasteiger partial charge in [0.15, 0.2) is 62.9 Å². The molecule has 826 valence electrons. The highest BCUT2D eigenvalue weighted by Crippen LogP contribution is 2.43. The Bertz CT molecular complexity index is 4030. The number of carboxylic acid groups (broad SMARTS) is 1. The molecule has 11 fully saturated rings. The van der Waals surface area contributed by atoms with E-state index in [4.69, 9.17) is 99.5 Å². The maximum absolute atomic E-state index is 13.4. The number of hydrogen-bond donors (Lipinski definition) is 37. The van der Waals surface area contributed by atoms with E-state index in [1.807, 2.05) is 0 Å². The van der Waals surface area contributed by atoms with Crippen molar-refractivity contribution in [3.05, 3.63) is 0 Å².